The maximum atomic E-state index is 4.84. The molecule has 2 unspecified atom stereocenters. The monoisotopic (exact) mass is 212 g/mol. The van der Waals surface area contributed by atoms with E-state index >= 15 is 0 Å². The fourth-order valence-electron chi connectivity index (χ4n) is 3.09. The van der Waals surface area contributed by atoms with E-state index in [1.807, 2.05) is 0 Å². The second-order valence-electron chi connectivity index (χ2n) is 5.44. The zero-order chi connectivity index (χ0) is 10.9. The summed E-state index contributed by atoms with van der Waals surface area (Å²) in [6.45, 7) is 5.54. The van der Waals surface area contributed by atoms with Gasteiger partial charge in [-0.25, -0.2) is 4.98 Å². The van der Waals surface area contributed by atoms with Crippen LogP contribution in [0.4, 0.5) is 0 Å². The Morgan fingerprint density at radius 2 is 2.06 bits per heavy atom. The normalized spacial score (nSPS) is 26.6. The molecule has 1 aliphatic heterocycles. The summed E-state index contributed by atoms with van der Waals surface area (Å²) >= 11 is 0. The van der Waals surface area contributed by atoms with Crippen molar-refractivity contribution in [3.8, 4) is 0 Å². The van der Waals surface area contributed by atoms with Crippen LogP contribution in [0.5, 0.6) is 0 Å². The molecule has 2 aliphatic rings. The van der Waals surface area contributed by atoms with Gasteiger partial charge in [-0.2, -0.15) is 0 Å². The lowest BCUT2D eigenvalue weighted by Crippen LogP contribution is -2.09. The molecule has 1 fully saturated rings. The summed E-state index contributed by atoms with van der Waals surface area (Å²) in [5.74, 6) is 3.09. The van der Waals surface area contributed by atoms with Crippen LogP contribution in [0.2, 0.25) is 0 Å². The molecule has 4 rings (SSSR count). The average molecular weight is 212 g/mol. The van der Waals surface area contributed by atoms with Crippen molar-refractivity contribution in [3.63, 3.8) is 0 Å². The van der Waals surface area contributed by atoms with Crippen molar-refractivity contribution in [2.45, 2.75) is 39.2 Å². The Hall–Kier alpha value is -1.31. The minimum Gasteiger partial charge on any atom is -0.328 e. The molecule has 0 spiro atoms. The molecule has 0 N–H and O–H groups in total. The van der Waals surface area contributed by atoms with E-state index in [0.717, 1.165) is 11.8 Å². The lowest BCUT2D eigenvalue weighted by molar-refractivity contribution is 0.528. The molecular weight excluding hydrogens is 196 g/mol. The van der Waals surface area contributed by atoms with E-state index in [4.69, 9.17) is 4.98 Å². The number of nitrogens with zero attached hydrogens (tertiary/aromatic N) is 2. The molecule has 2 heteroatoms. The van der Waals surface area contributed by atoms with E-state index in [0.29, 0.717) is 0 Å². The fraction of sp³-hybridized carbons (Fsp3) is 0.500. The third-order valence-electron chi connectivity index (χ3n) is 4.37. The zero-order valence-corrected chi connectivity index (χ0v) is 9.83. The summed E-state index contributed by atoms with van der Waals surface area (Å²) < 4.78 is 2.45. The summed E-state index contributed by atoms with van der Waals surface area (Å²) in [6.07, 6.45) is 2.73. The lowest BCUT2D eigenvalue weighted by atomic mass is 10.1. The molecule has 2 heterocycles. The van der Waals surface area contributed by atoms with Gasteiger partial charge in [0.2, 0.25) is 0 Å². The Morgan fingerprint density at radius 1 is 1.25 bits per heavy atom. The Kier molecular flexibility index (Phi) is 1.47. The fourth-order valence-corrected chi connectivity index (χ4v) is 3.09. The molecule has 82 valence electrons. The van der Waals surface area contributed by atoms with Gasteiger partial charge < -0.3 is 4.57 Å². The molecule has 2 nitrogen and oxygen atoms in total. The van der Waals surface area contributed by atoms with Crippen LogP contribution in [0, 0.1) is 19.8 Å². The van der Waals surface area contributed by atoms with Crippen LogP contribution >= 0.6 is 0 Å². The van der Waals surface area contributed by atoms with E-state index in [2.05, 4.69) is 30.5 Å². The molecule has 0 saturated heterocycles. The van der Waals surface area contributed by atoms with Crippen LogP contribution in [0.25, 0.3) is 11.0 Å². The predicted molar refractivity (Wildman–Crippen MR) is 64.7 cm³/mol. The Balaban J connectivity index is 2.04. The maximum absolute atomic E-state index is 4.84. The van der Waals surface area contributed by atoms with Gasteiger partial charge >= 0.3 is 0 Å². The second kappa shape index (κ2) is 2.68. The summed E-state index contributed by atoms with van der Waals surface area (Å²) in [6, 6.07) is 4.55. The van der Waals surface area contributed by atoms with E-state index in [1.165, 1.54) is 47.4 Å². The van der Waals surface area contributed by atoms with Gasteiger partial charge in [-0.3, -0.25) is 0 Å². The van der Waals surface area contributed by atoms with Gasteiger partial charge in [0.25, 0.3) is 0 Å². The Labute approximate surface area is 95.3 Å². The highest BCUT2D eigenvalue weighted by Gasteiger charge is 2.44. The van der Waals surface area contributed by atoms with Gasteiger partial charge in [0.1, 0.15) is 5.82 Å². The van der Waals surface area contributed by atoms with Crippen molar-refractivity contribution in [1.29, 1.82) is 0 Å². The number of imidazole rings is 1. The number of fused-ring (bicyclic) bond motifs is 5. The second-order valence-corrected chi connectivity index (χ2v) is 5.44. The molecular formula is C14H16N2. The Morgan fingerprint density at radius 3 is 2.94 bits per heavy atom. The topological polar surface area (TPSA) is 17.8 Å². The summed E-state index contributed by atoms with van der Waals surface area (Å²) in [4.78, 5) is 4.84. The van der Waals surface area contributed by atoms with Crippen LogP contribution < -0.4 is 0 Å². The number of aryl methyl sites for hydroxylation is 3. The highest BCUT2D eigenvalue weighted by Crippen LogP contribution is 2.52. The zero-order valence-electron chi connectivity index (χ0n) is 9.83. The number of hydrogen-bond acceptors (Lipinski definition) is 1. The first-order chi connectivity index (χ1) is 7.74. The third kappa shape index (κ3) is 0.998. The third-order valence-corrected chi connectivity index (χ3v) is 4.37. The first-order valence-corrected chi connectivity index (χ1v) is 6.21. The average Bonchev–Trinajstić information content (AvgIpc) is 2.97. The van der Waals surface area contributed by atoms with Gasteiger partial charge in [0.05, 0.1) is 11.0 Å². The molecule has 16 heavy (non-hydrogen) atoms. The smallest absolute Gasteiger partial charge is 0.113 e. The van der Waals surface area contributed by atoms with Gasteiger partial charge in [-0.1, -0.05) is 0 Å². The number of hydrogen-bond donors (Lipinski definition) is 0. The quantitative estimate of drug-likeness (QED) is 0.656. The van der Waals surface area contributed by atoms with Crippen LogP contribution in [0.3, 0.4) is 0 Å². The van der Waals surface area contributed by atoms with Crippen molar-refractivity contribution in [2.75, 3.05) is 0 Å². The van der Waals surface area contributed by atoms with Crippen molar-refractivity contribution in [1.82, 2.24) is 9.55 Å². The van der Waals surface area contributed by atoms with Gasteiger partial charge in [-0.15, -0.1) is 0 Å². The van der Waals surface area contributed by atoms with E-state index in [-0.39, 0.29) is 0 Å². The molecule has 1 aromatic heterocycles. The molecule has 1 saturated carbocycles. The van der Waals surface area contributed by atoms with Gasteiger partial charge in [-0.05, 0) is 55.9 Å². The SMILES string of the molecule is Cc1cc2nc3n(c2cc1C)CCC1CC31. The van der Waals surface area contributed by atoms with E-state index in [1.54, 1.807) is 0 Å². The molecule has 1 aromatic carbocycles. The first kappa shape index (κ1) is 8.80. The molecule has 0 bridgehead atoms. The standard InChI is InChI=1S/C14H16N2/c1-8-5-12-13(6-9(8)2)16-4-3-10-7-11(10)14(16)15-12/h5-6,10-11H,3-4,7H2,1-2H3. The molecule has 0 amide bonds. The van der Waals surface area contributed by atoms with Crippen LogP contribution in [0.15, 0.2) is 12.1 Å². The predicted octanol–water partition coefficient (Wildman–Crippen LogP) is 3.16. The van der Waals surface area contributed by atoms with Crippen molar-refractivity contribution in [2.24, 2.45) is 5.92 Å². The summed E-state index contributed by atoms with van der Waals surface area (Å²) in [7, 11) is 0. The largest absolute Gasteiger partial charge is 0.328 e. The summed E-state index contributed by atoms with van der Waals surface area (Å²) in [5, 5.41) is 0. The molecule has 2 aromatic rings. The Bertz CT molecular complexity index is 594. The number of benzene rings is 1. The highest BCUT2D eigenvalue weighted by atomic mass is 15.1. The summed E-state index contributed by atoms with van der Waals surface area (Å²) in [5.41, 5.74) is 5.29. The first-order valence-electron chi connectivity index (χ1n) is 6.21. The van der Waals surface area contributed by atoms with Crippen molar-refractivity contribution in [3.05, 3.63) is 29.1 Å². The molecule has 1 aliphatic carbocycles. The molecule has 0 radical (unpaired) electrons. The number of rotatable bonds is 0. The van der Waals surface area contributed by atoms with Crippen molar-refractivity contribution < 1.29 is 0 Å². The highest BCUT2D eigenvalue weighted by molar-refractivity contribution is 5.78. The maximum Gasteiger partial charge on any atom is 0.113 e. The van der Waals surface area contributed by atoms with Crippen LogP contribution in [-0.2, 0) is 6.54 Å². The van der Waals surface area contributed by atoms with E-state index in [9.17, 15) is 0 Å². The minimum absolute atomic E-state index is 0.779. The van der Waals surface area contributed by atoms with Crippen LogP contribution in [-0.4, -0.2) is 9.55 Å². The van der Waals surface area contributed by atoms with Crippen LogP contribution in [0.1, 0.15) is 35.7 Å². The molecule has 2 atom stereocenters. The minimum atomic E-state index is 0.779. The number of aromatic nitrogens is 2. The van der Waals surface area contributed by atoms with Gasteiger partial charge in [0.15, 0.2) is 0 Å². The lowest BCUT2D eigenvalue weighted by Gasteiger charge is -2.13. The van der Waals surface area contributed by atoms with Gasteiger partial charge in [0, 0.05) is 12.5 Å². The van der Waals surface area contributed by atoms with Crippen molar-refractivity contribution >= 4 is 11.0 Å². The van der Waals surface area contributed by atoms with E-state index < -0.39 is 0 Å².